The summed E-state index contributed by atoms with van der Waals surface area (Å²) in [6.07, 6.45) is 4.12. The molecule has 28 heavy (non-hydrogen) atoms. The first-order chi connectivity index (χ1) is 13.5. The summed E-state index contributed by atoms with van der Waals surface area (Å²) in [5, 5.41) is 6.90. The van der Waals surface area contributed by atoms with Gasteiger partial charge < -0.3 is 15.5 Å². The van der Waals surface area contributed by atoms with Crippen LogP contribution in [0.15, 0.2) is 60.7 Å². The van der Waals surface area contributed by atoms with Crippen LogP contribution >= 0.6 is 12.2 Å². The van der Waals surface area contributed by atoms with E-state index in [9.17, 15) is 4.79 Å². The Morgan fingerprint density at radius 2 is 1.82 bits per heavy atom. The molecule has 0 unspecified atom stereocenters. The van der Waals surface area contributed by atoms with Crippen LogP contribution in [0.4, 0.5) is 5.69 Å². The standard InChI is InChI=1S/C23H27N3OS/c1-16(2)15-24-23(28)25-21-20(14-11-18-7-5-4-6-8-18)26(22(21)27)19-12-9-17(3)10-13-19/h4-14,16,20-21H,15H2,1-3H3,(H2,24,25,28)/b14-11+/t20-,21+/m1/s1. The lowest BCUT2D eigenvalue weighted by atomic mass is 9.92. The van der Waals surface area contributed by atoms with E-state index < -0.39 is 0 Å². The van der Waals surface area contributed by atoms with Crippen LogP contribution < -0.4 is 15.5 Å². The monoisotopic (exact) mass is 393 g/mol. The molecule has 0 saturated carbocycles. The van der Waals surface area contributed by atoms with Crippen LogP contribution in [0.25, 0.3) is 6.08 Å². The molecule has 0 aliphatic carbocycles. The molecule has 1 aliphatic heterocycles. The molecule has 0 spiro atoms. The maximum absolute atomic E-state index is 12.9. The van der Waals surface area contributed by atoms with Crippen LogP contribution in [-0.4, -0.2) is 29.6 Å². The van der Waals surface area contributed by atoms with E-state index in [1.807, 2.05) is 66.4 Å². The summed E-state index contributed by atoms with van der Waals surface area (Å²) in [6.45, 7) is 7.06. The fourth-order valence-electron chi connectivity index (χ4n) is 3.12. The maximum atomic E-state index is 12.9. The number of aryl methyl sites for hydroxylation is 1. The van der Waals surface area contributed by atoms with Gasteiger partial charge in [0.15, 0.2) is 5.11 Å². The maximum Gasteiger partial charge on any atom is 0.252 e. The van der Waals surface area contributed by atoms with Crippen molar-refractivity contribution in [1.82, 2.24) is 10.6 Å². The van der Waals surface area contributed by atoms with Crippen LogP contribution in [0, 0.1) is 12.8 Å². The Balaban J connectivity index is 1.78. The molecule has 4 nitrogen and oxygen atoms in total. The highest BCUT2D eigenvalue weighted by molar-refractivity contribution is 7.80. The smallest absolute Gasteiger partial charge is 0.252 e. The summed E-state index contributed by atoms with van der Waals surface area (Å²) >= 11 is 5.39. The van der Waals surface area contributed by atoms with E-state index in [-0.39, 0.29) is 18.0 Å². The Bertz CT molecular complexity index is 846. The Hall–Kier alpha value is -2.66. The molecule has 2 aromatic carbocycles. The lowest BCUT2D eigenvalue weighted by Crippen LogP contribution is -2.71. The highest BCUT2D eigenvalue weighted by atomic mass is 32.1. The van der Waals surface area contributed by atoms with E-state index in [0.29, 0.717) is 11.0 Å². The number of hydrogen-bond acceptors (Lipinski definition) is 2. The van der Waals surface area contributed by atoms with Crippen molar-refractivity contribution in [2.45, 2.75) is 32.9 Å². The summed E-state index contributed by atoms with van der Waals surface area (Å²) in [4.78, 5) is 14.7. The van der Waals surface area contributed by atoms with E-state index in [4.69, 9.17) is 12.2 Å². The second-order valence-electron chi connectivity index (χ2n) is 7.53. The highest BCUT2D eigenvalue weighted by Gasteiger charge is 2.47. The Morgan fingerprint density at radius 3 is 2.46 bits per heavy atom. The van der Waals surface area contributed by atoms with Gasteiger partial charge in [-0.3, -0.25) is 4.79 Å². The lowest BCUT2D eigenvalue weighted by molar-refractivity contribution is -0.125. The normalized spacial score (nSPS) is 19.0. The molecule has 3 rings (SSSR count). The molecule has 2 aromatic rings. The zero-order valence-electron chi connectivity index (χ0n) is 16.6. The van der Waals surface area contributed by atoms with E-state index in [0.717, 1.165) is 17.8 Å². The second kappa shape index (κ2) is 9.02. The van der Waals surface area contributed by atoms with Gasteiger partial charge in [-0.25, -0.2) is 0 Å². The number of rotatable bonds is 6. The van der Waals surface area contributed by atoms with E-state index in [1.165, 1.54) is 5.56 Å². The third kappa shape index (κ3) is 4.78. The van der Waals surface area contributed by atoms with Gasteiger partial charge in [0.2, 0.25) is 0 Å². The molecule has 2 atom stereocenters. The van der Waals surface area contributed by atoms with Crippen LogP contribution in [0.3, 0.4) is 0 Å². The summed E-state index contributed by atoms with van der Waals surface area (Å²) in [5.74, 6) is 0.509. The predicted molar refractivity (Wildman–Crippen MR) is 120 cm³/mol. The largest absolute Gasteiger partial charge is 0.362 e. The van der Waals surface area contributed by atoms with Gasteiger partial charge in [-0.05, 0) is 42.8 Å². The van der Waals surface area contributed by atoms with Crippen molar-refractivity contribution in [3.8, 4) is 0 Å². The molecular weight excluding hydrogens is 366 g/mol. The molecule has 1 fully saturated rings. The molecule has 1 saturated heterocycles. The van der Waals surface area contributed by atoms with Crippen LogP contribution in [0.5, 0.6) is 0 Å². The molecular formula is C23H27N3OS. The first-order valence-corrected chi connectivity index (χ1v) is 10.0. The van der Waals surface area contributed by atoms with Crippen molar-refractivity contribution in [1.29, 1.82) is 0 Å². The van der Waals surface area contributed by atoms with Gasteiger partial charge in [0.25, 0.3) is 5.91 Å². The molecule has 0 radical (unpaired) electrons. The minimum absolute atomic E-state index is 0.0280. The number of hydrogen-bond donors (Lipinski definition) is 2. The van der Waals surface area contributed by atoms with Gasteiger partial charge in [0, 0.05) is 12.2 Å². The summed E-state index contributed by atoms with van der Waals surface area (Å²) < 4.78 is 0. The third-order valence-corrected chi connectivity index (χ3v) is 4.96. The van der Waals surface area contributed by atoms with Gasteiger partial charge in [-0.2, -0.15) is 0 Å². The van der Waals surface area contributed by atoms with Gasteiger partial charge in [-0.1, -0.05) is 74.0 Å². The zero-order chi connectivity index (χ0) is 20.1. The molecule has 2 N–H and O–H groups in total. The molecule has 146 valence electrons. The van der Waals surface area contributed by atoms with Crippen molar-refractivity contribution in [3.63, 3.8) is 0 Å². The Kier molecular flexibility index (Phi) is 6.47. The first kappa shape index (κ1) is 20.1. The average molecular weight is 394 g/mol. The lowest BCUT2D eigenvalue weighted by Gasteiger charge is -2.46. The minimum atomic E-state index is -0.367. The van der Waals surface area contributed by atoms with Crippen molar-refractivity contribution >= 4 is 35.0 Å². The molecule has 0 bridgehead atoms. The fourth-order valence-corrected chi connectivity index (χ4v) is 3.33. The zero-order valence-corrected chi connectivity index (χ0v) is 17.4. The summed E-state index contributed by atoms with van der Waals surface area (Å²) in [6, 6.07) is 17.6. The number of carbonyl (C=O) groups excluding carboxylic acids is 1. The number of amides is 1. The minimum Gasteiger partial charge on any atom is -0.362 e. The van der Waals surface area contributed by atoms with Gasteiger partial charge in [-0.15, -0.1) is 0 Å². The third-order valence-electron chi connectivity index (χ3n) is 4.70. The van der Waals surface area contributed by atoms with E-state index in [2.05, 4.69) is 36.6 Å². The SMILES string of the molecule is Cc1ccc(N2C(=O)[C@@H](NC(=S)NCC(C)C)[C@H]2/C=C/c2ccccc2)cc1. The molecule has 1 amide bonds. The number of nitrogens with one attached hydrogen (secondary N) is 2. The van der Waals surface area contributed by atoms with Crippen molar-refractivity contribution < 1.29 is 4.79 Å². The van der Waals surface area contributed by atoms with Gasteiger partial charge in [0.1, 0.15) is 6.04 Å². The average Bonchev–Trinajstić information content (AvgIpc) is 2.69. The fraction of sp³-hybridized carbons (Fsp3) is 0.304. The number of benzene rings is 2. The van der Waals surface area contributed by atoms with Crippen LogP contribution in [-0.2, 0) is 4.79 Å². The number of nitrogens with zero attached hydrogens (tertiary/aromatic N) is 1. The van der Waals surface area contributed by atoms with E-state index >= 15 is 0 Å². The van der Waals surface area contributed by atoms with Crippen molar-refractivity contribution in [2.75, 3.05) is 11.4 Å². The van der Waals surface area contributed by atoms with Crippen LogP contribution in [0.2, 0.25) is 0 Å². The highest BCUT2D eigenvalue weighted by Crippen LogP contribution is 2.30. The summed E-state index contributed by atoms with van der Waals surface area (Å²) in [5.41, 5.74) is 3.17. The Labute approximate surface area is 172 Å². The first-order valence-electron chi connectivity index (χ1n) is 9.63. The summed E-state index contributed by atoms with van der Waals surface area (Å²) in [7, 11) is 0. The van der Waals surface area contributed by atoms with Crippen molar-refractivity contribution in [2.24, 2.45) is 5.92 Å². The van der Waals surface area contributed by atoms with Gasteiger partial charge in [0.05, 0.1) is 6.04 Å². The van der Waals surface area contributed by atoms with Crippen LogP contribution in [0.1, 0.15) is 25.0 Å². The molecule has 1 aliphatic rings. The number of anilines is 1. The second-order valence-corrected chi connectivity index (χ2v) is 7.94. The number of thiocarbonyl (C=S) groups is 1. The number of β-lactam (4-membered cyclic amide) rings is 1. The predicted octanol–water partition coefficient (Wildman–Crippen LogP) is 3.91. The van der Waals surface area contributed by atoms with Crippen molar-refractivity contribution in [3.05, 3.63) is 71.8 Å². The van der Waals surface area contributed by atoms with E-state index in [1.54, 1.807) is 0 Å². The Morgan fingerprint density at radius 1 is 1.14 bits per heavy atom. The van der Waals surface area contributed by atoms with Gasteiger partial charge >= 0.3 is 0 Å². The molecule has 0 aromatic heterocycles. The quantitative estimate of drug-likeness (QED) is 0.577. The topological polar surface area (TPSA) is 44.4 Å². The molecule has 5 heteroatoms. The number of carbonyl (C=O) groups is 1. The molecule has 1 heterocycles.